The summed E-state index contributed by atoms with van der Waals surface area (Å²) < 4.78 is 20.0. The molecule has 0 saturated carbocycles. The quantitative estimate of drug-likeness (QED) is 0.554. The topological polar surface area (TPSA) is 132 Å². The summed E-state index contributed by atoms with van der Waals surface area (Å²) in [5.74, 6) is -3.45. The minimum absolute atomic E-state index is 0.0651. The number of nitrogens with one attached hydrogen (secondary N) is 2. The van der Waals surface area contributed by atoms with Gasteiger partial charge < -0.3 is 20.1 Å². The standard InChI is InChI=1S/C18H22FN5O6/c1-11(25)20-9-13-10-23(18(29)30-13)12-2-3-15(14(19)8-12)22-5-4-21-24(7-6-22)16(26)17(27)28/h2-3,8,13,21H,4-7,9-10H2,1H3,(H,20,25)(H,27,28)/t13-/m0/s1. The second-order valence-electron chi connectivity index (χ2n) is 6.85. The molecule has 0 aliphatic carbocycles. The summed E-state index contributed by atoms with van der Waals surface area (Å²) >= 11 is 0. The monoisotopic (exact) mass is 423 g/mol. The highest BCUT2D eigenvalue weighted by atomic mass is 19.1. The maximum Gasteiger partial charge on any atom is 0.414 e. The van der Waals surface area contributed by atoms with Crippen molar-refractivity contribution < 1.29 is 33.4 Å². The van der Waals surface area contributed by atoms with Crippen LogP contribution in [0, 0.1) is 5.82 Å². The summed E-state index contributed by atoms with van der Waals surface area (Å²) in [6.45, 7) is 2.61. The van der Waals surface area contributed by atoms with E-state index in [0.29, 0.717) is 12.2 Å². The number of amides is 3. The van der Waals surface area contributed by atoms with E-state index < -0.39 is 29.9 Å². The Kier molecular flexibility index (Phi) is 6.35. The number of cyclic esters (lactones) is 1. The number of benzene rings is 1. The number of halogens is 1. The smallest absolute Gasteiger partial charge is 0.414 e. The Morgan fingerprint density at radius 3 is 2.73 bits per heavy atom. The number of ether oxygens (including phenoxy) is 1. The van der Waals surface area contributed by atoms with Crippen molar-refractivity contribution in [3.8, 4) is 0 Å². The zero-order valence-corrected chi connectivity index (χ0v) is 16.3. The maximum atomic E-state index is 14.8. The molecule has 2 fully saturated rings. The van der Waals surface area contributed by atoms with Crippen LogP contribution >= 0.6 is 0 Å². The van der Waals surface area contributed by atoms with Crippen LogP contribution in [-0.2, 0) is 19.1 Å². The highest BCUT2D eigenvalue weighted by molar-refractivity contribution is 6.31. The van der Waals surface area contributed by atoms with Crippen LogP contribution in [0.5, 0.6) is 0 Å². The molecule has 12 heteroatoms. The van der Waals surface area contributed by atoms with Gasteiger partial charge in [-0.3, -0.25) is 19.5 Å². The predicted octanol–water partition coefficient (Wildman–Crippen LogP) is -0.475. The second kappa shape index (κ2) is 8.95. The molecule has 2 heterocycles. The van der Waals surface area contributed by atoms with Crippen molar-refractivity contribution in [1.82, 2.24) is 15.8 Å². The van der Waals surface area contributed by atoms with Gasteiger partial charge in [0.05, 0.1) is 31.0 Å². The normalized spacial score (nSPS) is 19.3. The van der Waals surface area contributed by atoms with Crippen molar-refractivity contribution in [2.24, 2.45) is 0 Å². The summed E-state index contributed by atoms with van der Waals surface area (Å²) in [7, 11) is 0. The van der Waals surface area contributed by atoms with Crippen LogP contribution < -0.4 is 20.5 Å². The van der Waals surface area contributed by atoms with Gasteiger partial charge in [-0.05, 0) is 18.2 Å². The lowest BCUT2D eigenvalue weighted by molar-refractivity contribution is -0.157. The van der Waals surface area contributed by atoms with Crippen LogP contribution in [0.15, 0.2) is 18.2 Å². The first-order valence-electron chi connectivity index (χ1n) is 9.31. The van der Waals surface area contributed by atoms with Crippen molar-refractivity contribution in [3.05, 3.63) is 24.0 Å². The van der Waals surface area contributed by atoms with Gasteiger partial charge in [-0.2, -0.15) is 0 Å². The fourth-order valence-electron chi connectivity index (χ4n) is 3.28. The Hall–Kier alpha value is -3.41. The van der Waals surface area contributed by atoms with E-state index in [4.69, 9.17) is 9.84 Å². The van der Waals surface area contributed by atoms with Crippen LogP contribution in [0.2, 0.25) is 0 Å². The van der Waals surface area contributed by atoms with E-state index in [1.807, 2.05) is 0 Å². The number of hydrogen-bond donors (Lipinski definition) is 3. The van der Waals surface area contributed by atoms with Gasteiger partial charge in [0.2, 0.25) is 5.91 Å². The summed E-state index contributed by atoms with van der Waals surface area (Å²) in [5.41, 5.74) is 3.30. The van der Waals surface area contributed by atoms with E-state index >= 15 is 0 Å². The lowest BCUT2D eigenvalue weighted by atomic mass is 10.2. The summed E-state index contributed by atoms with van der Waals surface area (Å²) in [4.78, 5) is 48.5. The fraction of sp³-hybridized carbons (Fsp3) is 0.444. The van der Waals surface area contributed by atoms with E-state index in [1.54, 1.807) is 11.0 Å². The molecular formula is C18H22FN5O6. The van der Waals surface area contributed by atoms with Crippen molar-refractivity contribution >= 4 is 35.3 Å². The molecule has 0 radical (unpaired) electrons. The molecule has 30 heavy (non-hydrogen) atoms. The van der Waals surface area contributed by atoms with Gasteiger partial charge in [0, 0.05) is 26.6 Å². The Labute approximate surface area is 171 Å². The molecule has 3 N–H and O–H groups in total. The fourth-order valence-corrected chi connectivity index (χ4v) is 3.28. The third-order valence-corrected chi connectivity index (χ3v) is 4.74. The Balaban J connectivity index is 1.67. The molecule has 162 valence electrons. The second-order valence-corrected chi connectivity index (χ2v) is 6.85. The van der Waals surface area contributed by atoms with Gasteiger partial charge >= 0.3 is 18.0 Å². The lowest BCUT2D eigenvalue weighted by Crippen LogP contribution is -2.46. The SMILES string of the molecule is CC(=O)NC[C@H]1CN(c2ccc(N3CCNN(C(=O)C(=O)O)CC3)c(F)c2)C(=O)O1. The number of hydrazine groups is 1. The van der Waals surface area contributed by atoms with Gasteiger partial charge in [-0.25, -0.2) is 19.4 Å². The highest BCUT2D eigenvalue weighted by Gasteiger charge is 2.33. The van der Waals surface area contributed by atoms with Gasteiger partial charge in [0.1, 0.15) is 11.9 Å². The Bertz CT molecular complexity index is 865. The van der Waals surface area contributed by atoms with Crippen LogP contribution in [0.4, 0.5) is 20.6 Å². The molecule has 0 unspecified atom stereocenters. The van der Waals surface area contributed by atoms with E-state index in [1.165, 1.54) is 24.0 Å². The van der Waals surface area contributed by atoms with Crippen molar-refractivity contribution in [3.63, 3.8) is 0 Å². The zero-order valence-electron chi connectivity index (χ0n) is 16.3. The number of hydrogen-bond acceptors (Lipinski definition) is 7. The minimum atomic E-state index is -1.57. The molecule has 1 aromatic rings. The van der Waals surface area contributed by atoms with Gasteiger partial charge in [-0.1, -0.05) is 0 Å². The van der Waals surface area contributed by atoms with Crippen LogP contribution in [-0.4, -0.2) is 79.4 Å². The third kappa shape index (κ3) is 4.76. The number of carboxylic acid groups (broad SMARTS) is 1. The molecule has 2 aliphatic heterocycles. The van der Waals surface area contributed by atoms with Crippen LogP contribution in [0.25, 0.3) is 0 Å². The van der Waals surface area contributed by atoms with Gasteiger partial charge in [0.25, 0.3) is 0 Å². The average Bonchev–Trinajstić information content (AvgIpc) is 2.91. The Morgan fingerprint density at radius 1 is 1.30 bits per heavy atom. The zero-order chi connectivity index (χ0) is 21.8. The number of nitrogens with zero attached hydrogens (tertiary/aromatic N) is 3. The van der Waals surface area contributed by atoms with Crippen molar-refractivity contribution in [1.29, 1.82) is 0 Å². The van der Waals surface area contributed by atoms with Gasteiger partial charge in [0.15, 0.2) is 0 Å². The van der Waals surface area contributed by atoms with E-state index in [2.05, 4.69) is 10.7 Å². The molecule has 1 atom stereocenters. The molecule has 0 spiro atoms. The molecule has 3 rings (SSSR count). The van der Waals surface area contributed by atoms with Crippen molar-refractivity contribution in [2.75, 3.05) is 49.1 Å². The third-order valence-electron chi connectivity index (χ3n) is 4.74. The van der Waals surface area contributed by atoms with Crippen molar-refractivity contribution in [2.45, 2.75) is 13.0 Å². The summed E-state index contributed by atoms with van der Waals surface area (Å²) in [5, 5.41) is 12.4. The number of anilines is 2. The van der Waals surface area contributed by atoms with E-state index in [9.17, 15) is 23.6 Å². The summed E-state index contributed by atoms with van der Waals surface area (Å²) in [6, 6.07) is 4.32. The first-order chi connectivity index (χ1) is 14.3. The molecule has 1 aromatic carbocycles. The first kappa shape index (κ1) is 21.3. The van der Waals surface area contributed by atoms with E-state index in [-0.39, 0.29) is 44.3 Å². The number of rotatable bonds is 4. The maximum absolute atomic E-state index is 14.8. The molecule has 2 saturated heterocycles. The van der Waals surface area contributed by atoms with Crippen LogP contribution in [0.1, 0.15) is 6.92 Å². The lowest BCUT2D eigenvalue weighted by Gasteiger charge is -2.24. The van der Waals surface area contributed by atoms with Crippen LogP contribution in [0.3, 0.4) is 0 Å². The number of carbonyl (C=O) groups is 4. The molecule has 0 bridgehead atoms. The average molecular weight is 423 g/mol. The predicted molar refractivity (Wildman–Crippen MR) is 102 cm³/mol. The number of carbonyl (C=O) groups excluding carboxylic acids is 3. The first-order valence-corrected chi connectivity index (χ1v) is 9.31. The molecule has 11 nitrogen and oxygen atoms in total. The minimum Gasteiger partial charge on any atom is -0.474 e. The Morgan fingerprint density at radius 2 is 2.07 bits per heavy atom. The molecule has 0 aromatic heterocycles. The summed E-state index contributed by atoms with van der Waals surface area (Å²) in [6.07, 6.45) is -1.15. The molecule has 2 aliphatic rings. The number of carboxylic acids is 1. The molecule has 3 amide bonds. The largest absolute Gasteiger partial charge is 0.474 e. The molecular weight excluding hydrogens is 401 g/mol. The highest BCUT2D eigenvalue weighted by Crippen LogP contribution is 2.28. The van der Waals surface area contributed by atoms with E-state index in [0.717, 1.165) is 5.01 Å². The van der Waals surface area contributed by atoms with Gasteiger partial charge in [-0.15, -0.1) is 0 Å². The number of aliphatic carboxylic acids is 1.